The first-order chi connectivity index (χ1) is 15.3. The Hall–Kier alpha value is -3.49. The van der Waals surface area contributed by atoms with Crippen molar-refractivity contribution in [3.63, 3.8) is 0 Å². The van der Waals surface area contributed by atoms with E-state index in [4.69, 9.17) is 0 Å². The number of hydrogen-bond donors (Lipinski definition) is 0. The van der Waals surface area contributed by atoms with Crippen LogP contribution in [0.4, 0.5) is 11.8 Å². The summed E-state index contributed by atoms with van der Waals surface area (Å²) < 4.78 is 0. The van der Waals surface area contributed by atoms with E-state index in [2.05, 4.69) is 14.9 Å². The molecule has 1 saturated heterocycles. The van der Waals surface area contributed by atoms with Crippen molar-refractivity contribution >= 4 is 29.5 Å². The summed E-state index contributed by atoms with van der Waals surface area (Å²) in [4.78, 5) is 53.8. The first-order valence-electron chi connectivity index (χ1n) is 10.9. The number of carbonyl (C=O) groups excluding carboxylic acids is 3. The van der Waals surface area contributed by atoms with Gasteiger partial charge in [0.05, 0.1) is 11.1 Å². The summed E-state index contributed by atoms with van der Waals surface area (Å²) in [7, 11) is 3.90. The third-order valence-electron chi connectivity index (χ3n) is 5.85. The van der Waals surface area contributed by atoms with E-state index in [-0.39, 0.29) is 24.3 Å². The number of carbonyl (C=O) groups is 3. The molecule has 0 radical (unpaired) electrons. The molecule has 1 aromatic carbocycles. The number of rotatable bonds is 6. The van der Waals surface area contributed by atoms with Gasteiger partial charge in [-0.05, 0) is 25.5 Å². The minimum Gasteiger partial charge on any atom is -0.363 e. The molecule has 2 aliphatic rings. The summed E-state index contributed by atoms with van der Waals surface area (Å²) in [6.07, 6.45) is 0.761. The minimum absolute atomic E-state index is 0.0420. The first kappa shape index (κ1) is 21.7. The molecule has 2 aliphatic heterocycles. The summed E-state index contributed by atoms with van der Waals surface area (Å²) in [6.45, 7) is 4.73. The van der Waals surface area contributed by atoms with E-state index in [1.807, 2.05) is 36.9 Å². The van der Waals surface area contributed by atoms with Gasteiger partial charge in [-0.25, -0.2) is 4.98 Å². The molecule has 0 atom stereocenters. The lowest BCUT2D eigenvalue weighted by atomic mass is 10.1. The van der Waals surface area contributed by atoms with Crippen LogP contribution in [0.5, 0.6) is 0 Å². The predicted octanol–water partition coefficient (Wildman–Crippen LogP) is 1.58. The standard InChI is InChI=1S/C23H28N6O3/c1-16-15-19(26(2)3)25-23(24-16)28-13-11-27(12-14-28)20(30)9-6-10-29-21(31)17-7-4-5-8-18(17)22(29)32/h4-5,7-8,15H,6,9-14H2,1-3H3. The van der Waals surface area contributed by atoms with Gasteiger partial charge in [-0.15, -0.1) is 0 Å². The molecule has 1 aromatic heterocycles. The second kappa shape index (κ2) is 8.94. The van der Waals surface area contributed by atoms with Gasteiger partial charge < -0.3 is 14.7 Å². The number of amides is 3. The highest BCUT2D eigenvalue weighted by molar-refractivity contribution is 6.21. The van der Waals surface area contributed by atoms with E-state index < -0.39 is 0 Å². The highest BCUT2D eigenvalue weighted by Crippen LogP contribution is 2.23. The molecule has 9 heteroatoms. The van der Waals surface area contributed by atoms with E-state index in [9.17, 15) is 14.4 Å². The fourth-order valence-electron chi connectivity index (χ4n) is 4.05. The summed E-state index contributed by atoms with van der Waals surface area (Å²) in [5, 5.41) is 0. The Labute approximate surface area is 187 Å². The highest BCUT2D eigenvalue weighted by Gasteiger charge is 2.34. The molecule has 0 bridgehead atoms. The van der Waals surface area contributed by atoms with Gasteiger partial charge in [-0.3, -0.25) is 19.3 Å². The van der Waals surface area contributed by atoms with Gasteiger partial charge in [0.25, 0.3) is 11.8 Å². The van der Waals surface area contributed by atoms with Gasteiger partial charge in [-0.1, -0.05) is 12.1 Å². The lowest BCUT2D eigenvalue weighted by Crippen LogP contribution is -2.49. The summed E-state index contributed by atoms with van der Waals surface area (Å²) >= 11 is 0. The molecule has 32 heavy (non-hydrogen) atoms. The molecular weight excluding hydrogens is 408 g/mol. The summed E-state index contributed by atoms with van der Waals surface area (Å²) in [5.74, 6) is 1.04. The van der Waals surface area contributed by atoms with E-state index in [0.29, 0.717) is 56.1 Å². The van der Waals surface area contributed by atoms with E-state index >= 15 is 0 Å². The molecule has 4 rings (SSSR count). The zero-order valence-electron chi connectivity index (χ0n) is 18.7. The molecular formula is C23H28N6O3. The van der Waals surface area contributed by atoms with E-state index in [0.717, 1.165) is 11.5 Å². The number of aromatic nitrogens is 2. The second-order valence-corrected chi connectivity index (χ2v) is 8.34. The van der Waals surface area contributed by atoms with Gasteiger partial charge in [0.15, 0.2) is 0 Å². The number of nitrogens with zero attached hydrogens (tertiary/aromatic N) is 6. The number of aryl methyl sites for hydroxylation is 1. The molecule has 0 N–H and O–H groups in total. The second-order valence-electron chi connectivity index (χ2n) is 8.34. The Morgan fingerprint density at radius 3 is 2.22 bits per heavy atom. The Bertz CT molecular complexity index is 1010. The third-order valence-corrected chi connectivity index (χ3v) is 5.85. The molecule has 2 aromatic rings. The van der Waals surface area contributed by atoms with Crippen LogP contribution in [0.25, 0.3) is 0 Å². The number of piperazine rings is 1. The van der Waals surface area contributed by atoms with Crippen LogP contribution in [-0.2, 0) is 4.79 Å². The Morgan fingerprint density at radius 2 is 1.62 bits per heavy atom. The van der Waals surface area contributed by atoms with Gasteiger partial charge >= 0.3 is 0 Å². The van der Waals surface area contributed by atoms with Crippen LogP contribution < -0.4 is 9.80 Å². The monoisotopic (exact) mass is 436 g/mol. The van der Waals surface area contributed by atoms with Crippen LogP contribution in [0, 0.1) is 6.92 Å². The molecule has 0 spiro atoms. The number of hydrogen-bond acceptors (Lipinski definition) is 7. The lowest BCUT2D eigenvalue weighted by Gasteiger charge is -2.35. The van der Waals surface area contributed by atoms with Crippen molar-refractivity contribution in [1.29, 1.82) is 0 Å². The van der Waals surface area contributed by atoms with Crippen LogP contribution in [0.2, 0.25) is 0 Å². The average molecular weight is 437 g/mol. The van der Waals surface area contributed by atoms with Crippen LogP contribution in [0.15, 0.2) is 30.3 Å². The highest BCUT2D eigenvalue weighted by atomic mass is 16.2. The zero-order valence-corrected chi connectivity index (χ0v) is 18.7. The number of fused-ring (bicyclic) bond motifs is 1. The molecule has 9 nitrogen and oxygen atoms in total. The molecule has 3 amide bonds. The molecule has 0 aliphatic carbocycles. The molecule has 3 heterocycles. The smallest absolute Gasteiger partial charge is 0.261 e. The van der Waals surface area contributed by atoms with Crippen molar-refractivity contribution in [2.45, 2.75) is 19.8 Å². The maximum atomic E-state index is 12.7. The maximum absolute atomic E-state index is 12.7. The van der Waals surface area contributed by atoms with Crippen molar-refractivity contribution in [1.82, 2.24) is 19.8 Å². The number of benzene rings is 1. The average Bonchev–Trinajstić information content (AvgIpc) is 3.03. The van der Waals surface area contributed by atoms with E-state index in [1.54, 1.807) is 24.3 Å². The topological polar surface area (TPSA) is 90.0 Å². The Morgan fingerprint density at radius 1 is 1.00 bits per heavy atom. The largest absolute Gasteiger partial charge is 0.363 e. The molecule has 0 saturated carbocycles. The van der Waals surface area contributed by atoms with Crippen molar-refractivity contribution in [3.8, 4) is 0 Å². The fourth-order valence-corrected chi connectivity index (χ4v) is 4.05. The normalized spacial score (nSPS) is 15.9. The number of anilines is 2. The predicted molar refractivity (Wildman–Crippen MR) is 121 cm³/mol. The third kappa shape index (κ3) is 4.28. The van der Waals surface area contributed by atoms with Gasteiger partial charge in [0.1, 0.15) is 5.82 Å². The minimum atomic E-state index is -0.276. The Balaban J connectivity index is 1.27. The fraction of sp³-hybridized carbons (Fsp3) is 0.435. The maximum Gasteiger partial charge on any atom is 0.261 e. The van der Waals surface area contributed by atoms with Gasteiger partial charge in [-0.2, -0.15) is 4.98 Å². The van der Waals surface area contributed by atoms with E-state index in [1.165, 1.54) is 4.90 Å². The van der Waals surface area contributed by atoms with Crippen LogP contribution >= 0.6 is 0 Å². The zero-order chi connectivity index (χ0) is 22.8. The Kier molecular flexibility index (Phi) is 6.07. The van der Waals surface area contributed by atoms with Crippen LogP contribution in [0.1, 0.15) is 39.3 Å². The van der Waals surface area contributed by atoms with Crippen molar-refractivity contribution in [2.24, 2.45) is 0 Å². The van der Waals surface area contributed by atoms with Crippen LogP contribution in [-0.4, -0.2) is 84.3 Å². The van der Waals surface area contributed by atoms with Gasteiger partial charge in [0.2, 0.25) is 11.9 Å². The quantitative estimate of drug-likeness (QED) is 0.635. The molecule has 1 fully saturated rings. The summed E-state index contributed by atoms with van der Waals surface area (Å²) in [6, 6.07) is 8.77. The van der Waals surface area contributed by atoms with Gasteiger partial charge in [0, 0.05) is 65.0 Å². The van der Waals surface area contributed by atoms with Crippen LogP contribution in [0.3, 0.4) is 0 Å². The van der Waals surface area contributed by atoms with Crippen molar-refractivity contribution < 1.29 is 14.4 Å². The summed E-state index contributed by atoms with van der Waals surface area (Å²) in [5.41, 5.74) is 1.79. The molecule has 0 unspecified atom stereocenters. The first-order valence-corrected chi connectivity index (χ1v) is 10.9. The SMILES string of the molecule is Cc1cc(N(C)C)nc(N2CCN(C(=O)CCCN3C(=O)c4ccccc4C3=O)CC2)n1. The number of imide groups is 1. The lowest BCUT2D eigenvalue weighted by molar-refractivity contribution is -0.131. The molecule has 168 valence electrons. The van der Waals surface area contributed by atoms with Crippen molar-refractivity contribution in [3.05, 3.63) is 47.2 Å². The van der Waals surface area contributed by atoms with Crippen molar-refractivity contribution in [2.75, 3.05) is 56.6 Å².